The van der Waals surface area contributed by atoms with E-state index in [9.17, 15) is 4.79 Å². The van der Waals surface area contributed by atoms with Crippen LogP contribution in [-0.2, 0) is 11.2 Å². The SMILES string of the molecule is N#CC1(CCc2cccc(Br)c2)CC(=O)C1. The monoisotopic (exact) mass is 277 g/mol. The summed E-state index contributed by atoms with van der Waals surface area (Å²) in [4.78, 5) is 11.0. The molecule has 0 bridgehead atoms. The van der Waals surface area contributed by atoms with Gasteiger partial charge in [0.15, 0.2) is 0 Å². The lowest BCUT2D eigenvalue weighted by Crippen LogP contribution is -2.36. The Hall–Kier alpha value is -1.14. The minimum Gasteiger partial charge on any atom is -0.300 e. The second-order valence-electron chi connectivity index (χ2n) is 4.41. The molecule has 1 saturated carbocycles. The van der Waals surface area contributed by atoms with Gasteiger partial charge in [0.25, 0.3) is 0 Å². The summed E-state index contributed by atoms with van der Waals surface area (Å²) in [7, 11) is 0. The number of hydrogen-bond acceptors (Lipinski definition) is 2. The van der Waals surface area contributed by atoms with Gasteiger partial charge in [-0.25, -0.2) is 0 Å². The molecule has 2 rings (SSSR count). The van der Waals surface area contributed by atoms with E-state index in [4.69, 9.17) is 5.26 Å². The van der Waals surface area contributed by atoms with Crippen molar-refractivity contribution in [2.24, 2.45) is 5.41 Å². The minimum absolute atomic E-state index is 0.218. The number of carbonyl (C=O) groups excluding carboxylic acids is 1. The third kappa shape index (κ3) is 2.33. The number of aryl methyl sites for hydroxylation is 1. The van der Waals surface area contributed by atoms with Crippen LogP contribution in [0.5, 0.6) is 0 Å². The van der Waals surface area contributed by atoms with Crippen LogP contribution in [0.3, 0.4) is 0 Å². The van der Waals surface area contributed by atoms with Crippen molar-refractivity contribution >= 4 is 21.7 Å². The van der Waals surface area contributed by atoms with E-state index in [0.717, 1.165) is 17.3 Å². The highest BCUT2D eigenvalue weighted by atomic mass is 79.9. The molecular weight excluding hydrogens is 266 g/mol. The number of nitriles is 1. The third-order valence-electron chi connectivity index (χ3n) is 3.09. The Morgan fingerprint density at radius 1 is 1.44 bits per heavy atom. The molecule has 1 aliphatic carbocycles. The number of ketones is 1. The maximum Gasteiger partial charge on any atom is 0.136 e. The Balaban J connectivity index is 1.97. The molecule has 0 radical (unpaired) electrons. The van der Waals surface area contributed by atoms with Crippen LogP contribution in [0.15, 0.2) is 28.7 Å². The predicted octanol–water partition coefficient (Wildman–Crippen LogP) is 3.25. The van der Waals surface area contributed by atoms with Gasteiger partial charge in [-0.2, -0.15) is 5.26 Å². The fraction of sp³-hybridized carbons (Fsp3) is 0.385. The summed E-state index contributed by atoms with van der Waals surface area (Å²) in [6, 6.07) is 10.4. The summed E-state index contributed by atoms with van der Waals surface area (Å²) in [5, 5.41) is 9.08. The minimum atomic E-state index is -0.376. The zero-order chi connectivity index (χ0) is 11.6. The molecule has 0 spiro atoms. The highest BCUT2D eigenvalue weighted by Gasteiger charge is 2.43. The number of carbonyl (C=O) groups is 1. The molecule has 0 heterocycles. The molecule has 16 heavy (non-hydrogen) atoms. The molecule has 0 atom stereocenters. The average Bonchev–Trinajstić information content (AvgIpc) is 2.23. The van der Waals surface area contributed by atoms with Gasteiger partial charge in [-0.1, -0.05) is 28.1 Å². The molecule has 0 N–H and O–H groups in total. The van der Waals surface area contributed by atoms with Crippen molar-refractivity contribution in [1.29, 1.82) is 5.26 Å². The summed E-state index contributed by atoms with van der Waals surface area (Å²) in [5.74, 6) is 0.218. The van der Waals surface area contributed by atoms with Crippen molar-refractivity contribution in [1.82, 2.24) is 0 Å². The Labute approximate surface area is 103 Å². The second kappa shape index (κ2) is 4.39. The smallest absolute Gasteiger partial charge is 0.136 e. The molecule has 82 valence electrons. The van der Waals surface area contributed by atoms with Crippen molar-refractivity contribution in [2.45, 2.75) is 25.7 Å². The van der Waals surface area contributed by atoms with E-state index < -0.39 is 0 Å². The molecule has 0 saturated heterocycles. The summed E-state index contributed by atoms with van der Waals surface area (Å²) in [6.07, 6.45) is 2.53. The van der Waals surface area contributed by atoms with E-state index in [-0.39, 0.29) is 11.2 Å². The molecule has 0 unspecified atom stereocenters. The molecule has 1 aromatic carbocycles. The number of hydrogen-bond donors (Lipinski definition) is 0. The second-order valence-corrected chi connectivity index (χ2v) is 5.33. The quantitative estimate of drug-likeness (QED) is 0.851. The van der Waals surface area contributed by atoms with Gasteiger partial charge >= 0.3 is 0 Å². The Bertz CT molecular complexity index is 453. The fourth-order valence-corrected chi connectivity index (χ4v) is 2.54. The van der Waals surface area contributed by atoms with Crippen molar-refractivity contribution in [3.05, 3.63) is 34.3 Å². The summed E-state index contributed by atoms with van der Waals surface area (Å²) in [6.45, 7) is 0. The molecule has 0 aromatic heterocycles. The zero-order valence-electron chi connectivity index (χ0n) is 8.87. The summed E-state index contributed by atoms with van der Waals surface area (Å²) in [5.41, 5.74) is 0.836. The topological polar surface area (TPSA) is 40.9 Å². The van der Waals surface area contributed by atoms with Gasteiger partial charge in [-0.15, -0.1) is 0 Å². The van der Waals surface area contributed by atoms with Gasteiger partial charge < -0.3 is 0 Å². The van der Waals surface area contributed by atoms with Crippen molar-refractivity contribution < 1.29 is 4.79 Å². The van der Waals surface area contributed by atoms with Gasteiger partial charge in [0.05, 0.1) is 11.5 Å². The number of halogens is 1. The van der Waals surface area contributed by atoms with Crippen LogP contribution >= 0.6 is 15.9 Å². The number of nitrogens with zero attached hydrogens (tertiary/aromatic N) is 1. The van der Waals surface area contributed by atoms with E-state index in [2.05, 4.69) is 34.1 Å². The molecule has 1 aliphatic rings. The van der Waals surface area contributed by atoms with Crippen LogP contribution in [0.4, 0.5) is 0 Å². The maximum atomic E-state index is 11.0. The van der Waals surface area contributed by atoms with E-state index in [1.807, 2.05) is 12.1 Å². The highest BCUT2D eigenvalue weighted by molar-refractivity contribution is 9.10. The Morgan fingerprint density at radius 2 is 2.19 bits per heavy atom. The maximum absolute atomic E-state index is 11.0. The van der Waals surface area contributed by atoms with E-state index >= 15 is 0 Å². The largest absolute Gasteiger partial charge is 0.300 e. The van der Waals surface area contributed by atoms with E-state index in [0.29, 0.717) is 12.8 Å². The van der Waals surface area contributed by atoms with E-state index in [1.54, 1.807) is 0 Å². The predicted molar refractivity (Wildman–Crippen MR) is 64.8 cm³/mol. The average molecular weight is 278 g/mol. The number of Topliss-reactive ketones (excluding diaryl/α,β-unsaturated/α-hetero) is 1. The molecule has 0 aliphatic heterocycles. The fourth-order valence-electron chi connectivity index (χ4n) is 2.09. The lowest BCUT2D eigenvalue weighted by Gasteiger charge is -2.33. The van der Waals surface area contributed by atoms with Gasteiger partial charge in [-0.3, -0.25) is 4.79 Å². The molecule has 0 amide bonds. The van der Waals surface area contributed by atoms with Crippen LogP contribution in [0.2, 0.25) is 0 Å². The standard InChI is InChI=1S/C13H12BrNO/c14-11-3-1-2-10(6-11)4-5-13(9-15)7-12(16)8-13/h1-3,6H,4-5,7-8H2. The lowest BCUT2D eigenvalue weighted by atomic mass is 9.66. The zero-order valence-corrected chi connectivity index (χ0v) is 10.5. The van der Waals surface area contributed by atoms with Crippen molar-refractivity contribution in [3.8, 4) is 6.07 Å². The number of benzene rings is 1. The lowest BCUT2D eigenvalue weighted by molar-refractivity contribution is -0.130. The van der Waals surface area contributed by atoms with Gasteiger partial charge in [-0.05, 0) is 30.5 Å². The van der Waals surface area contributed by atoms with Crippen LogP contribution < -0.4 is 0 Å². The first-order chi connectivity index (χ1) is 7.63. The Morgan fingerprint density at radius 3 is 2.75 bits per heavy atom. The van der Waals surface area contributed by atoms with Gasteiger partial charge in [0.2, 0.25) is 0 Å². The third-order valence-corrected chi connectivity index (χ3v) is 3.58. The highest BCUT2D eigenvalue weighted by Crippen LogP contribution is 2.41. The van der Waals surface area contributed by atoms with Crippen LogP contribution in [0, 0.1) is 16.7 Å². The molecule has 1 fully saturated rings. The molecular formula is C13H12BrNO. The van der Waals surface area contributed by atoms with Crippen molar-refractivity contribution in [2.75, 3.05) is 0 Å². The first-order valence-electron chi connectivity index (χ1n) is 5.31. The first-order valence-corrected chi connectivity index (χ1v) is 6.10. The Kier molecular flexibility index (Phi) is 3.11. The number of rotatable bonds is 3. The summed E-state index contributed by atoms with van der Waals surface area (Å²) >= 11 is 3.42. The normalized spacial score (nSPS) is 17.6. The van der Waals surface area contributed by atoms with Crippen LogP contribution in [0.1, 0.15) is 24.8 Å². The molecule has 1 aromatic rings. The van der Waals surface area contributed by atoms with Gasteiger partial charge in [0, 0.05) is 17.3 Å². The van der Waals surface area contributed by atoms with Crippen LogP contribution in [-0.4, -0.2) is 5.78 Å². The first kappa shape index (κ1) is 11.3. The van der Waals surface area contributed by atoms with Gasteiger partial charge in [0.1, 0.15) is 5.78 Å². The molecule has 3 heteroatoms. The van der Waals surface area contributed by atoms with E-state index in [1.165, 1.54) is 5.56 Å². The van der Waals surface area contributed by atoms with Crippen molar-refractivity contribution in [3.63, 3.8) is 0 Å². The van der Waals surface area contributed by atoms with Crippen LogP contribution in [0.25, 0.3) is 0 Å². The summed E-state index contributed by atoms with van der Waals surface area (Å²) < 4.78 is 1.06. The molecule has 2 nitrogen and oxygen atoms in total.